The van der Waals surface area contributed by atoms with Crippen LogP contribution in [0.2, 0.25) is 0 Å². The summed E-state index contributed by atoms with van der Waals surface area (Å²) in [6.07, 6.45) is 0. The molecule has 2 rings (SSSR count). The Morgan fingerprint density at radius 3 is 2.80 bits per heavy atom. The lowest BCUT2D eigenvalue weighted by Gasteiger charge is -2.15. The Balaban J connectivity index is 2.16. The van der Waals surface area contributed by atoms with Crippen molar-refractivity contribution in [2.45, 2.75) is 19.9 Å². The third-order valence-corrected chi connectivity index (χ3v) is 3.08. The van der Waals surface area contributed by atoms with Gasteiger partial charge in [0.05, 0.1) is 13.2 Å². The summed E-state index contributed by atoms with van der Waals surface area (Å²) in [7, 11) is 1.29. The van der Waals surface area contributed by atoms with E-state index in [1.54, 1.807) is 31.2 Å². The van der Waals surface area contributed by atoms with E-state index >= 15 is 0 Å². The predicted octanol–water partition coefficient (Wildman–Crippen LogP) is 3.69. The van der Waals surface area contributed by atoms with E-state index in [4.69, 9.17) is 4.42 Å². The molecular weight excluding hydrogens is 261 g/mol. The average Bonchev–Trinajstić information content (AvgIpc) is 2.93. The number of benzene rings is 1. The van der Waals surface area contributed by atoms with Crippen molar-refractivity contribution in [1.29, 1.82) is 0 Å². The van der Waals surface area contributed by atoms with Gasteiger partial charge in [0, 0.05) is 11.3 Å². The molecule has 0 bridgehead atoms. The zero-order chi connectivity index (χ0) is 14.7. The molecule has 1 atom stereocenters. The summed E-state index contributed by atoms with van der Waals surface area (Å²) in [5, 5.41) is 3.15. The molecule has 106 valence electrons. The number of carbonyl (C=O) groups excluding carboxylic acids is 1. The second-order valence-electron chi connectivity index (χ2n) is 4.47. The molecule has 0 saturated carbocycles. The van der Waals surface area contributed by atoms with Gasteiger partial charge in [-0.15, -0.1) is 0 Å². The van der Waals surface area contributed by atoms with E-state index in [0.717, 1.165) is 0 Å². The number of hydrogen-bond acceptors (Lipinski definition) is 4. The molecule has 2 aromatic rings. The fourth-order valence-corrected chi connectivity index (χ4v) is 1.86. The van der Waals surface area contributed by atoms with Crippen LogP contribution >= 0.6 is 0 Å². The zero-order valence-corrected chi connectivity index (χ0v) is 11.6. The van der Waals surface area contributed by atoms with E-state index in [1.165, 1.54) is 13.2 Å². The zero-order valence-electron chi connectivity index (χ0n) is 11.6. The molecule has 0 aliphatic heterocycles. The maximum Gasteiger partial charge on any atom is 0.373 e. The van der Waals surface area contributed by atoms with Gasteiger partial charge in [-0.3, -0.25) is 0 Å². The van der Waals surface area contributed by atoms with E-state index in [-0.39, 0.29) is 17.6 Å². The minimum atomic E-state index is -0.523. The van der Waals surface area contributed by atoms with Crippen molar-refractivity contribution in [2.75, 3.05) is 12.4 Å². The lowest BCUT2D eigenvalue weighted by atomic mass is 10.1. The highest BCUT2D eigenvalue weighted by Gasteiger charge is 2.16. The summed E-state index contributed by atoms with van der Waals surface area (Å²) >= 11 is 0. The summed E-state index contributed by atoms with van der Waals surface area (Å²) in [4.78, 5) is 11.3. The average molecular weight is 277 g/mol. The molecule has 0 saturated heterocycles. The van der Waals surface area contributed by atoms with Gasteiger partial charge in [-0.2, -0.15) is 0 Å². The topological polar surface area (TPSA) is 51.5 Å². The van der Waals surface area contributed by atoms with Gasteiger partial charge in [0.15, 0.2) is 0 Å². The minimum absolute atomic E-state index is 0.145. The molecular formula is C15H16FNO3. The lowest BCUT2D eigenvalue weighted by Crippen LogP contribution is -2.07. The summed E-state index contributed by atoms with van der Waals surface area (Å²) in [5.41, 5.74) is 1.23. The van der Waals surface area contributed by atoms with Crippen LogP contribution in [-0.4, -0.2) is 13.1 Å². The smallest absolute Gasteiger partial charge is 0.373 e. The van der Waals surface area contributed by atoms with Gasteiger partial charge >= 0.3 is 5.97 Å². The van der Waals surface area contributed by atoms with Crippen molar-refractivity contribution in [3.63, 3.8) is 0 Å². The minimum Gasteiger partial charge on any atom is -0.463 e. The molecule has 1 aromatic heterocycles. The second kappa shape index (κ2) is 5.77. The van der Waals surface area contributed by atoms with Crippen LogP contribution in [0.1, 0.15) is 34.8 Å². The Labute approximate surface area is 116 Å². The Bertz CT molecular complexity index is 621. The van der Waals surface area contributed by atoms with Gasteiger partial charge < -0.3 is 14.5 Å². The maximum atomic E-state index is 13.5. The monoisotopic (exact) mass is 277 g/mol. The van der Waals surface area contributed by atoms with Crippen molar-refractivity contribution in [3.05, 3.63) is 53.2 Å². The summed E-state index contributed by atoms with van der Waals surface area (Å²) in [6.45, 7) is 3.57. The van der Waals surface area contributed by atoms with Crippen molar-refractivity contribution in [3.8, 4) is 0 Å². The van der Waals surface area contributed by atoms with Crippen molar-refractivity contribution < 1.29 is 18.3 Å². The van der Waals surface area contributed by atoms with Gasteiger partial charge in [0.25, 0.3) is 0 Å². The van der Waals surface area contributed by atoms with Crippen molar-refractivity contribution in [2.24, 2.45) is 0 Å². The molecule has 1 heterocycles. The molecule has 0 fully saturated rings. The van der Waals surface area contributed by atoms with Gasteiger partial charge in [0.2, 0.25) is 5.76 Å². The highest BCUT2D eigenvalue weighted by atomic mass is 19.1. The van der Waals surface area contributed by atoms with Crippen LogP contribution in [0.5, 0.6) is 0 Å². The third-order valence-electron chi connectivity index (χ3n) is 3.08. The molecule has 0 radical (unpaired) electrons. The quantitative estimate of drug-likeness (QED) is 0.866. The molecule has 5 heteroatoms. The predicted molar refractivity (Wildman–Crippen MR) is 73.2 cm³/mol. The molecule has 4 nitrogen and oxygen atoms in total. The number of hydrogen-bond donors (Lipinski definition) is 1. The van der Waals surface area contributed by atoms with E-state index in [0.29, 0.717) is 17.0 Å². The summed E-state index contributed by atoms with van der Waals surface area (Å²) in [6, 6.07) is 7.89. The Kier molecular flexibility index (Phi) is 4.08. The Morgan fingerprint density at radius 1 is 1.35 bits per heavy atom. The largest absolute Gasteiger partial charge is 0.463 e. The third kappa shape index (κ3) is 2.82. The molecule has 1 aromatic carbocycles. The van der Waals surface area contributed by atoms with Crippen molar-refractivity contribution in [1.82, 2.24) is 0 Å². The van der Waals surface area contributed by atoms with Gasteiger partial charge in [-0.25, -0.2) is 9.18 Å². The highest BCUT2D eigenvalue weighted by molar-refractivity contribution is 5.86. The molecule has 0 spiro atoms. The fraction of sp³-hybridized carbons (Fsp3) is 0.267. The number of ether oxygens (including phenoxy) is 1. The maximum absolute atomic E-state index is 13.5. The van der Waals surface area contributed by atoms with E-state index in [2.05, 4.69) is 10.1 Å². The number of esters is 1. The molecule has 20 heavy (non-hydrogen) atoms. The number of carbonyl (C=O) groups is 1. The standard InChI is InChI=1S/C15H16FNO3/c1-9-11(16)5-4-6-12(9)17-10(2)13-7-8-14(20-13)15(18)19-3/h4-8,10,17H,1-3H3. The van der Waals surface area contributed by atoms with Gasteiger partial charge in [0.1, 0.15) is 11.6 Å². The number of furan rings is 1. The van der Waals surface area contributed by atoms with E-state index in [9.17, 15) is 9.18 Å². The van der Waals surface area contributed by atoms with Crippen LogP contribution in [-0.2, 0) is 4.74 Å². The van der Waals surface area contributed by atoms with E-state index in [1.807, 2.05) is 6.92 Å². The van der Waals surface area contributed by atoms with Crippen LogP contribution < -0.4 is 5.32 Å². The number of methoxy groups -OCH3 is 1. The number of anilines is 1. The molecule has 1 N–H and O–H groups in total. The van der Waals surface area contributed by atoms with Crippen LogP contribution in [0.3, 0.4) is 0 Å². The Hall–Kier alpha value is -2.30. The first-order valence-electron chi connectivity index (χ1n) is 6.22. The molecule has 0 aliphatic carbocycles. The van der Waals surface area contributed by atoms with Crippen LogP contribution in [0.15, 0.2) is 34.7 Å². The SMILES string of the molecule is COC(=O)c1ccc(C(C)Nc2cccc(F)c2C)o1. The fourth-order valence-electron chi connectivity index (χ4n) is 1.86. The number of halogens is 1. The first-order chi connectivity index (χ1) is 9.52. The normalized spacial score (nSPS) is 12.0. The molecule has 0 aliphatic rings. The number of rotatable bonds is 4. The molecule has 0 amide bonds. The van der Waals surface area contributed by atoms with Crippen LogP contribution in [0.4, 0.5) is 10.1 Å². The number of nitrogens with one attached hydrogen (secondary N) is 1. The first-order valence-corrected chi connectivity index (χ1v) is 6.22. The lowest BCUT2D eigenvalue weighted by molar-refractivity contribution is 0.0562. The van der Waals surface area contributed by atoms with E-state index < -0.39 is 5.97 Å². The summed E-state index contributed by atoms with van der Waals surface area (Å²) in [5.74, 6) is -0.0662. The molecule has 1 unspecified atom stereocenters. The first kappa shape index (κ1) is 14.1. The van der Waals surface area contributed by atoms with Crippen LogP contribution in [0.25, 0.3) is 0 Å². The second-order valence-corrected chi connectivity index (χ2v) is 4.47. The van der Waals surface area contributed by atoms with Crippen molar-refractivity contribution >= 4 is 11.7 Å². The highest BCUT2D eigenvalue weighted by Crippen LogP contribution is 2.25. The Morgan fingerprint density at radius 2 is 2.10 bits per heavy atom. The summed E-state index contributed by atoms with van der Waals surface area (Å²) < 4.78 is 23.5. The van der Waals surface area contributed by atoms with Gasteiger partial charge in [-0.05, 0) is 38.1 Å². The van der Waals surface area contributed by atoms with Crippen LogP contribution in [0, 0.1) is 12.7 Å². The van der Waals surface area contributed by atoms with Gasteiger partial charge in [-0.1, -0.05) is 6.07 Å².